The topological polar surface area (TPSA) is 15.3 Å². The van der Waals surface area contributed by atoms with Crippen LogP contribution in [0.1, 0.15) is 37.1 Å². The third-order valence-electron chi connectivity index (χ3n) is 3.78. The lowest BCUT2D eigenvalue weighted by Gasteiger charge is -2.21. The molecule has 0 fully saturated rings. The van der Waals surface area contributed by atoms with Crippen LogP contribution in [0.15, 0.2) is 53.0 Å². The molecule has 3 heteroatoms. The van der Waals surface area contributed by atoms with Crippen LogP contribution >= 0.6 is 15.9 Å². The highest BCUT2D eigenvalue weighted by molar-refractivity contribution is 9.10. The molecule has 112 valence electrons. The Morgan fingerprint density at radius 1 is 0.810 bits per heavy atom. The number of nitrogens with one attached hydrogen (secondary N) is 1. The summed E-state index contributed by atoms with van der Waals surface area (Å²) >= 11 is 3.48. The first-order valence-corrected chi connectivity index (χ1v) is 8.05. The first kappa shape index (κ1) is 16.1. The molecular weight excluding hydrogens is 324 g/mol. The van der Waals surface area contributed by atoms with Gasteiger partial charge in [0.15, 0.2) is 0 Å². The Labute approximate surface area is 136 Å². The lowest BCUT2D eigenvalue weighted by molar-refractivity contribution is 0.494. The first-order valence-electron chi connectivity index (χ1n) is 7.26. The summed E-state index contributed by atoms with van der Waals surface area (Å²) in [5.74, 6) is 0. The van der Waals surface area contributed by atoms with Gasteiger partial charge in [0.2, 0.25) is 0 Å². The third-order valence-corrected chi connectivity index (χ3v) is 4.31. The molecule has 2 rings (SSSR count). The van der Waals surface area contributed by atoms with E-state index >= 15 is 0 Å². The molecule has 1 unspecified atom stereocenters. The smallest absolute Gasteiger partial charge is 0.0361 e. The van der Waals surface area contributed by atoms with E-state index in [1.165, 1.54) is 16.8 Å². The van der Waals surface area contributed by atoms with Crippen LogP contribution in [0.5, 0.6) is 0 Å². The lowest BCUT2D eigenvalue weighted by Crippen LogP contribution is -2.22. The number of rotatable bonds is 5. The minimum absolute atomic E-state index is 0.319. The lowest BCUT2D eigenvalue weighted by atomic mass is 10.0. The Morgan fingerprint density at radius 3 is 1.67 bits per heavy atom. The molecule has 1 N–H and O–H groups in total. The summed E-state index contributed by atoms with van der Waals surface area (Å²) in [6.07, 6.45) is 0. The summed E-state index contributed by atoms with van der Waals surface area (Å²) in [6.45, 7) is 4.41. The number of benzene rings is 2. The summed E-state index contributed by atoms with van der Waals surface area (Å²) in [6, 6.07) is 17.8. The van der Waals surface area contributed by atoms with E-state index < -0.39 is 0 Å². The van der Waals surface area contributed by atoms with Crippen LogP contribution in [0.25, 0.3) is 0 Å². The molecule has 2 aromatic carbocycles. The highest BCUT2D eigenvalue weighted by atomic mass is 79.9. The fraction of sp³-hybridized carbons (Fsp3) is 0.333. The molecule has 21 heavy (non-hydrogen) atoms. The first-order chi connectivity index (χ1) is 9.97. The van der Waals surface area contributed by atoms with Gasteiger partial charge in [-0.1, -0.05) is 40.2 Å². The monoisotopic (exact) mass is 346 g/mol. The molecule has 0 amide bonds. The maximum atomic E-state index is 3.65. The molecule has 0 saturated heterocycles. The molecule has 0 aliphatic heterocycles. The zero-order valence-electron chi connectivity index (χ0n) is 13.1. The SMILES string of the molecule is CC(N[C@H](C)c1ccc(Br)cc1)c1ccc(N(C)C)cc1. The number of anilines is 1. The summed E-state index contributed by atoms with van der Waals surface area (Å²) in [5.41, 5.74) is 3.84. The second kappa shape index (κ2) is 7.10. The van der Waals surface area contributed by atoms with Crippen molar-refractivity contribution in [1.82, 2.24) is 5.32 Å². The van der Waals surface area contributed by atoms with Gasteiger partial charge in [-0.25, -0.2) is 0 Å². The van der Waals surface area contributed by atoms with E-state index in [0.29, 0.717) is 12.1 Å². The maximum absolute atomic E-state index is 3.65. The van der Waals surface area contributed by atoms with Crippen LogP contribution < -0.4 is 10.2 Å². The van der Waals surface area contributed by atoms with Crippen LogP contribution in [0.2, 0.25) is 0 Å². The average Bonchev–Trinajstić information content (AvgIpc) is 2.47. The molecule has 0 spiro atoms. The van der Waals surface area contributed by atoms with Crippen molar-refractivity contribution in [3.8, 4) is 0 Å². The second-order valence-corrected chi connectivity index (χ2v) is 6.56. The van der Waals surface area contributed by atoms with Crippen molar-refractivity contribution in [2.75, 3.05) is 19.0 Å². The number of hydrogen-bond donors (Lipinski definition) is 1. The highest BCUT2D eigenvalue weighted by Gasteiger charge is 2.11. The van der Waals surface area contributed by atoms with Gasteiger partial charge in [-0.3, -0.25) is 0 Å². The summed E-state index contributed by atoms with van der Waals surface area (Å²) in [4.78, 5) is 2.12. The number of nitrogens with zero attached hydrogens (tertiary/aromatic N) is 1. The molecule has 0 aliphatic carbocycles. The quantitative estimate of drug-likeness (QED) is 0.825. The molecule has 0 heterocycles. The zero-order valence-corrected chi connectivity index (χ0v) is 14.7. The molecule has 2 nitrogen and oxygen atoms in total. The van der Waals surface area contributed by atoms with Crippen LogP contribution in [-0.4, -0.2) is 14.1 Å². The van der Waals surface area contributed by atoms with Crippen molar-refractivity contribution in [3.05, 3.63) is 64.1 Å². The van der Waals surface area contributed by atoms with Gasteiger partial charge in [0.05, 0.1) is 0 Å². The van der Waals surface area contributed by atoms with Gasteiger partial charge >= 0.3 is 0 Å². The van der Waals surface area contributed by atoms with E-state index in [1.807, 2.05) is 0 Å². The molecule has 2 aromatic rings. The molecule has 0 radical (unpaired) electrons. The van der Waals surface area contributed by atoms with Gasteiger partial charge in [-0.15, -0.1) is 0 Å². The Morgan fingerprint density at radius 2 is 1.24 bits per heavy atom. The van der Waals surface area contributed by atoms with E-state index in [1.54, 1.807) is 0 Å². The van der Waals surface area contributed by atoms with E-state index in [2.05, 4.69) is 103 Å². The molecule has 0 aliphatic rings. The van der Waals surface area contributed by atoms with Crippen molar-refractivity contribution in [2.45, 2.75) is 25.9 Å². The fourth-order valence-electron chi connectivity index (χ4n) is 2.38. The molecule has 0 aromatic heterocycles. The van der Waals surface area contributed by atoms with Crippen LogP contribution in [0, 0.1) is 0 Å². The molecular formula is C18H23BrN2. The van der Waals surface area contributed by atoms with Gasteiger partial charge in [0.1, 0.15) is 0 Å². The minimum atomic E-state index is 0.319. The van der Waals surface area contributed by atoms with E-state index in [4.69, 9.17) is 0 Å². The maximum Gasteiger partial charge on any atom is 0.0361 e. The Bertz CT molecular complexity index is 561. The van der Waals surface area contributed by atoms with Crippen molar-refractivity contribution < 1.29 is 0 Å². The van der Waals surface area contributed by atoms with E-state index in [9.17, 15) is 0 Å². The average molecular weight is 347 g/mol. The minimum Gasteiger partial charge on any atom is -0.378 e. The van der Waals surface area contributed by atoms with E-state index in [-0.39, 0.29) is 0 Å². The van der Waals surface area contributed by atoms with Crippen LogP contribution in [0.4, 0.5) is 5.69 Å². The Kier molecular flexibility index (Phi) is 5.43. The van der Waals surface area contributed by atoms with Crippen molar-refractivity contribution in [3.63, 3.8) is 0 Å². The standard InChI is InChI=1S/C18H23BrN2/c1-13(15-5-9-17(19)10-6-15)20-14(2)16-7-11-18(12-8-16)21(3)4/h5-14,20H,1-4H3/t13-,14?/m1/s1. The molecule has 0 bridgehead atoms. The largest absolute Gasteiger partial charge is 0.378 e. The number of halogens is 1. The third kappa shape index (κ3) is 4.32. The van der Waals surface area contributed by atoms with Crippen LogP contribution in [-0.2, 0) is 0 Å². The van der Waals surface area contributed by atoms with Crippen molar-refractivity contribution in [1.29, 1.82) is 0 Å². The predicted molar refractivity (Wildman–Crippen MR) is 94.9 cm³/mol. The van der Waals surface area contributed by atoms with Crippen LogP contribution in [0.3, 0.4) is 0 Å². The summed E-state index contributed by atoms with van der Waals surface area (Å²) in [7, 11) is 4.12. The molecule has 2 atom stereocenters. The van der Waals surface area contributed by atoms with Gasteiger partial charge in [-0.2, -0.15) is 0 Å². The van der Waals surface area contributed by atoms with Gasteiger partial charge in [0, 0.05) is 36.3 Å². The van der Waals surface area contributed by atoms with Crippen molar-refractivity contribution in [2.24, 2.45) is 0 Å². The number of hydrogen-bond acceptors (Lipinski definition) is 2. The van der Waals surface area contributed by atoms with Gasteiger partial charge in [0.25, 0.3) is 0 Å². The van der Waals surface area contributed by atoms with Gasteiger partial charge < -0.3 is 10.2 Å². The van der Waals surface area contributed by atoms with Gasteiger partial charge in [-0.05, 0) is 49.2 Å². The molecule has 0 saturated carbocycles. The van der Waals surface area contributed by atoms with E-state index in [0.717, 1.165) is 4.47 Å². The Hall–Kier alpha value is -1.32. The zero-order chi connectivity index (χ0) is 15.4. The second-order valence-electron chi connectivity index (χ2n) is 5.65. The normalized spacial score (nSPS) is 13.8. The van der Waals surface area contributed by atoms with Crippen molar-refractivity contribution >= 4 is 21.6 Å². The highest BCUT2D eigenvalue weighted by Crippen LogP contribution is 2.22. The fourth-order valence-corrected chi connectivity index (χ4v) is 2.64. The summed E-state index contributed by atoms with van der Waals surface area (Å²) in [5, 5.41) is 3.65. The Balaban J connectivity index is 2.03. The summed E-state index contributed by atoms with van der Waals surface area (Å²) < 4.78 is 1.12. The predicted octanol–water partition coefficient (Wildman–Crippen LogP) is 4.93.